The van der Waals surface area contributed by atoms with Crippen LogP contribution in [0.25, 0.3) is 0 Å². The van der Waals surface area contributed by atoms with E-state index in [-0.39, 0.29) is 5.95 Å². The van der Waals surface area contributed by atoms with Gasteiger partial charge in [-0.1, -0.05) is 13.8 Å². The zero-order valence-corrected chi connectivity index (χ0v) is 9.98. The number of esters is 1. The number of rotatable bonds is 3. The van der Waals surface area contributed by atoms with Crippen molar-refractivity contribution in [1.29, 1.82) is 0 Å². The molecule has 17 heavy (non-hydrogen) atoms. The number of anilines is 1. The Morgan fingerprint density at radius 2 is 1.82 bits per heavy atom. The lowest BCUT2D eigenvalue weighted by Crippen LogP contribution is -2.25. The van der Waals surface area contributed by atoms with Gasteiger partial charge in [0, 0.05) is 0 Å². The number of hydrogen-bond acceptors (Lipinski definition) is 6. The molecule has 0 unspecified atom stereocenters. The molecule has 0 saturated carbocycles. The number of methoxy groups -OCH3 is 1. The van der Waals surface area contributed by atoms with Crippen LogP contribution in [0.15, 0.2) is 0 Å². The first-order chi connectivity index (χ1) is 8.12. The third kappa shape index (κ3) is 3.20. The van der Waals surface area contributed by atoms with Gasteiger partial charge in [0.05, 0.1) is 18.5 Å². The van der Waals surface area contributed by atoms with Crippen molar-refractivity contribution in [3.63, 3.8) is 0 Å². The van der Waals surface area contributed by atoms with Gasteiger partial charge >= 0.3 is 11.9 Å². The summed E-state index contributed by atoms with van der Waals surface area (Å²) in [4.78, 5) is 26.2. The van der Waals surface area contributed by atoms with Gasteiger partial charge in [-0.2, -0.15) is 0 Å². The number of aromatic nitrogens is 3. The summed E-state index contributed by atoms with van der Waals surface area (Å²) >= 11 is 0. The van der Waals surface area contributed by atoms with Crippen LogP contribution in [0.2, 0.25) is 0 Å². The Labute approximate surface area is 98.6 Å². The molecule has 7 nitrogen and oxygen atoms in total. The summed E-state index contributed by atoms with van der Waals surface area (Å²) in [6.45, 7) is 3.87. The van der Waals surface area contributed by atoms with Crippen LogP contribution in [-0.2, 0) is 27.2 Å². The van der Waals surface area contributed by atoms with Gasteiger partial charge in [-0.3, -0.25) is 10.1 Å². The van der Waals surface area contributed by atoms with Crippen molar-refractivity contribution in [3.8, 4) is 0 Å². The molecule has 1 aromatic rings. The number of carbonyl (C=O) groups excluding carboxylic acids is 2. The molecule has 0 saturated heterocycles. The van der Waals surface area contributed by atoms with Crippen molar-refractivity contribution >= 4 is 17.8 Å². The highest BCUT2D eigenvalue weighted by atomic mass is 16.5. The molecule has 7 heteroatoms. The number of aryl methyl sites for hydroxylation is 2. The van der Waals surface area contributed by atoms with E-state index in [2.05, 4.69) is 25.2 Å². The maximum Gasteiger partial charge on any atom is 0.396 e. The fourth-order valence-electron chi connectivity index (χ4n) is 1.24. The normalized spacial score (nSPS) is 9.82. The summed E-state index contributed by atoms with van der Waals surface area (Å²) in [6.07, 6.45) is 1.40. The summed E-state index contributed by atoms with van der Waals surface area (Å²) in [5.41, 5.74) is 1.53. The topological polar surface area (TPSA) is 94.1 Å². The molecule has 92 valence electrons. The van der Waals surface area contributed by atoms with Crippen LogP contribution < -0.4 is 5.32 Å². The molecule has 0 aliphatic heterocycles. The molecular formula is C10H14N4O3. The van der Waals surface area contributed by atoms with Crippen LogP contribution in [-0.4, -0.2) is 34.2 Å². The lowest BCUT2D eigenvalue weighted by Gasteiger charge is -2.05. The summed E-state index contributed by atoms with van der Waals surface area (Å²) < 4.78 is 4.26. The van der Waals surface area contributed by atoms with E-state index in [1.165, 1.54) is 0 Å². The first kappa shape index (κ1) is 13.0. The molecule has 1 aromatic heterocycles. The molecule has 0 radical (unpaired) electrons. The maximum absolute atomic E-state index is 11.2. The smallest absolute Gasteiger partial charge is 0.396 e. The fraction of sp³-hybridized carbons (Fsp3) is 0.500. The van der Waals surface area contributed by atoms with Crippen molar-refractivity contribution in [3.05, 3.63) is 11.4 Å². The molecule has 0 aromatic carbocycles. The van der Waals surface area contributed by atoms with Crippen LogP contribution in [0.4, 0.5) is 5.95 Å². The molecule has 0 aliphatic rings. The number of nitrogens with one attached hydrogen (secondary N) is 1. The van der Waals surface area contributed by atoms with Crippen molar-refractivity contribution in [2.75, 3.05) is 12.4 Å². The Hall–Kier alpha value is -2.05. The number of carbonyl (C=O) groups is 2. The number of nitrogens with zero attached hydrogens (tertiary/aromatic N) is 3. The molecule has 1 rings (SSSR count). The molecule has 1 N–H and O–H groups in total. The Kier molecular flexibility index (Phi) is 4.50. The number of amides is 1. The molecule has 0 aliphatic carbocycles. The van der Waals surface area contributed by atoms with E-state index in [9.17, 15) is 9.59 Å². The summed E-state index contributed by atoms with van der Waals surface area (Å²) in [6, 6.07) is 0. The van der Waals surface area contributed by atoms with E-state index < -0.39 is 11.9 Å². The lowest BCUT2D eigenvalue weighted by molar-refractivity contribution is -0.150. The van der Waals surface area contributed by atoms with Crippen LogP contribution >= 0.6 is 0 Å². The third-order valence-corrected chi connectivity index (χ3v) is 2.11. The SMILES string of the molecule is CCc1nnc(NC(=O)C(=O)OC)nc1CC. The number of hydrogen-bond donors (Lipinski definition) is 1. The van der Waals surface area contributed by atoms with Crippen molar-refractivity contribution in [2.45, 2.75) is 26.7 Å². The van der Waals surface area contributed by atoms with Gasteiger partial charge in [-0.25, -0.2) is 9.78 Å². The minimum Gasteiger partial charge on any atom is -0.462 e. The first-order valence-electron chi connectivity index (χ1n) is 5.24. The van der Waals surface area contributed by atoms with Crippen LogP contribution in [0.1, 0.15) is 25.2 Å². The van der Waals surface area contributed by atoms with Crippen molar-refractivity contribution in [2.24, 2.45) is 0 Å². The summed E-state index contributed by atoms with van der Waals surface area (Å²) in [5.74, 6) is -1.90. The molecule has 1 amide bonds. The fourth-order valence-corrected chi connectivity index (χ4v) is 1.24. The van der Waals surface area contributed by atoms with Gasteiger partial charge in [0.25, 0.3) is 0 Å². The van der Waals surface area contributed by atoms with Crippen LogP contribution in [0.3, 0.4) is 0 Å². The second-order valence-electron chi connectivity index (χ2n) is 3.18. The zero-order valence-electron chi connectivity index (χ0n) is 9.98. The monoisotopic (exact) mass is 238 g/mol. The molecule has 0 atom stereocenters. The summed E-state index contributed by atoms with van der Waals surface area (Å²) in [5, 5.41) is 9.86. The van der Waals surface area contributed by atoms with E-state index in [4.69, 9.17) is 0 Å². The minimum atomic E-state index is -0.994. The van der Waals surface area contributed by atoms with Gasteiger partial charge in [0.15, 0.2) is 0 Å². The Bertz CT molecular complexity index is 434. The predicted molar refractivity (Wildman–Crippen MR) is 59.2 cm³/mol. The van der Waals surface area contributed by atoms with Crippen molar-refractivity contribution < 1.29 is 14.3 Å². The average molecular weight is 238 g/mol. The Morgan fingerprint density at radius 3 is 2.35 bits per heavy atom. The second-order valence-corrected chi connectivity index (χ2v) is 3.18. The Morgan fingerprint density at radius 1 is 1.18 bits per heavy atom. The Balaban J connectivity index is 2.86. The standard InChI is InChI=1S/C10H14N4O3/c1-4-6-7(5-2)13-14-10(11-6)12-8(15)9(16)17-3/h4-5H2,1-3H3,(H,11,12,14,15). The quantitative estimate of drug-likeness (QED) is 0.593. The highest BCUT2D eigenvalue weighted by Crippen LogP contribution is 2.06. The van der Waals surface area contributed by atoms with Crippen molar-refractivity contribution in [1.82, 2.24) is 15.2 Å². The third-order valence-electron chi connectivity index (χ3n) is 2.11. The van der Waals surface area contributed by atoms with E-state index in [1.807, 2.05) is 13.8 Å². The van der Waals surface area contributed by atoms with Crippen LogP contribution in [0, 0.1) is 0 Å². The maximum atomic E-state index is 11.2. The van der Waals surface area contributed by atoms with E-state index in [1.54, 1.807) is 0 Å². The largest absolute Gasteiger partial charge is 0.462 e. The summed E-state index contributed by atoms with van der Waals surface area (Å²) in [7, 11) is 1.12. The van der Waals surface area contributed by atoms with Gasteiger partial charge in [0.1, 0.15) is 0 Å². The second kappa shape index (κ2) is 5.88. The van der Waals surface area contributed by atoms with E-state index in [0.29, 0.717) is 12.8 Å². The average Bonchev–Trinajstić information content (AvgIpc) is 2.37. The highest BCUT2D eigenvalue weighted by molar-refractivity contribution is 6.37. The predicted octanol–water partition coefficient (Wildman–Crippen LogP) is 0.108. The van der Waals surface area contributed by atoms with Gasteiger partial charge in [0.2, 0.25) is 5.95 Å². The molecule has 0 fully saturated rings. The molecule has 0 spiro atoms. The van der Waals surface area contributed by atoms with E-state index in [0.717, 1.165) is 18.5 Å². The molecule has 0 bridgehead atoms. The van der Waals surface area contributed by atoms with Crippen LogP contribution in [0.5, 0.6) is 0 Å². The molecule has 1 heterocycles. The van der Waals surface area contributed by atoms with E-state index >= 15 is 0 Å². The first-order valence-corrected chi connectivity index (χ1v) is 5.24. The highest BCUT2D eigenvalue weighted by Gasteiger charge is 2.16. The lowest BCUT2D eigenvalue weighted by atomic mass is 10.2. The zero-order chi connectivity index (χ0) is 12.8. The number of ether oxygens (including phenoxy) is 1. The minimum absolute atomic E-state index is 0.00875. The van der Waals surface area contributed by atoms with Gasteiger partial charge < -0.3 is 4.74 Å². The van der Waals surface area contributed by atoms with Gasteiger partial charge in [-0.15, -0.1) is 10.2 Å². The van der Waals surface area contributed by atoms with Gasteiger partial charge in [-0.05, 0) is 12.8 Å². The molecular weight excluding hydrogens is 224 g/mol.